The van der Waals surface area contributed by atoms with Crippen molar-refractivity contribution in [2.24, 2.45) is 5.11 Å². The third-order valence-electron chi connectivity index (χ3n) is 4.66. The van der Waals surface area contributed by atoms with Gasteiger partial charge in [-0.3, -0.25) is 4.79 Å². The number of nitrogens with zero attached hydrogens (tertiary/aromatic N) is 4. The molecule has 33 heavy (non-hydrogen) atoms. The minimum atomic E-state index is -4.39. The van der Waals surface area contributed by atoms with E-state index in [4.69, 9.17) is 9.95 Å². The molecular weight excluding hydrogens is 435 g/mol. The van der Waals surface area contributed by atoms with Gasteiger partial charge in [0, 0.05) is 23.2 Å². The molecule has 0 saturated carbocycles. The van der Waals surface area contributed by atoms with Crippen LogP contribution in [0.4, 0.5) is 18.9 Å². The summed E-state index contributed by atoms with van der Waals surface area (Å²) in [5, 5.41) is 6.23. The van der Waals surface area contributed by atoms with Crippen LogP contribution in [-0.2, 0) is 12.6 Å². The smallest absolute Gasteiger partial charge is 0.416 e. The molecule has 0 radical (unpaired) electrons. The molecule has 1 aromatic heterocycles. The molecule has 3 aromatic rings. The summed E-state index contributed by atoms with van der Waals surface area (Å²) in [5.74, 6) is -0.300. The van der Waals surface area contributed by atoms with Crippen molar-refractivity contribution >= 4 is 23.7 Å². The quantitative estimate of drug-likeness (QED) is 0.167. The number of anilines is 1. The van der Waals surface area contributed by atoms with Crippen LogP contribution >= 0.6 is 0 Å². The number of unbranched alkanes of at least 4 members (excludes halogenated alkanes) is 1. The lowest BCUT2D eigenvalue weighted by atomic mass is 10.1. The monoisotopic (exact) mass is 455 g/mol. The van der Waals surface area contributed by atoms with Crippen molar-refractivity contribution in [1.29, 1.82) is 0 Å². The molecule has 2 aromatic carbocycles. The van der Waals surface area contributed by atoms with Gasteiger partial charge in [0.05, 0.1) is 5.56 Å². The first-order valence-corrected chi connectivity index (χ1v) is 10.1. The van der Waals surface area contributed by atoms with E-state index in [1.54, 1.807) is 18.2 Å². The Kier molecular flexibility index (Phi) is 7.88. The average molecular weight is 455 g/mol. The van der Waals surface area contributed by atoms with Crippen LogP contribution in [0.1, 0.15) is 45.9 Å². The van der Waals surface area contributed by atoms with Gasteiger partial charge in [0.1, 0.15) is 6.26 Å². The van der Waals surface area contributed by atoms with Crippen LogP contribution in [0.5, 0.6) is 0 Å². The molecule has 0 atom stereocenters. The van der Waals surface area contributed by atoms with Gasteiger partial charge in [-0.05, 0) is 66.3 Å². The number of hydrogen-bond donors (Lipinski definition) is 1. The molecule has 1 heterocycles. The first kappa shape index (κ1) is 23.6. The van der Waals surface area contributed by atoms with Gasteiger partial charge in [0.15, 0.2) is 5.69 Å². The minimum absolute atomic E-state index is 0.0733. The Morgan fingerprint density at radius 2 is 1.82 bits per heavy atom. The fraction of sp³-hybridized carbons (Fsp3) is 0.217. The Hall–Kier alpha value is -4.04. The van der Waals surface area contributed by atoms with E-state index in [9.17, 15) is 18.0 Å². The standard InChI is InChI=1S/C23H20F3N5O2/c24-23(25,26)18-9-4-17(5-10-18)8-13-21-30-20(15-33-21)22(32)29-19-11-6-16(7-12-19)3-1-2-14-28-31-27/h4-13,15H,1-3,14H2,(H,29,32). The lowest BCUT2D eigenvalue weighted by Gasteiger charge is -2.05. The Balaban J connectivity index is 1.53. The average Bonchev–Trinajstić information content (AvgIpc) is 3.28. The molecule has 0 aliphatic heterocycles. The van der Waals surface area contributed by atoms with Crippen LogP contribution < -0.4 is 5.32 Å². The Morgan fingerprint density at radius 3 is 2.48 bits per heavy atom. The topological polar surface area (TPSA) is 104 Å². The molecule has 0 unspecified atom stereocenters. The third kappa shape index (κ3) is 7.26. The molecule has 3 rings (SSSR count). The zero-order valence-electron chi connectivity index (χ0n) is 17.4. The summed E-state index contributed by atoms with van der Waals surface area (Å²) in [4.78, 5) is 19.2. The number of carbonyl (C=O) groups is 1. The number of benzene rings is 2. The number of halogens is 3. The number of oxazole rings is 1. The highest BCUT2D eigenvalue weighted by molar-refractivity contribution is 6.02. The van der Waals surface area contributed by atoms with E-state index in [0.717, 1.165) is 37.0 Å². The molecular formula is C23H20F3N5O2. The van der Waals surface area contributed by atoms with Gasteiger partial charge in [-0.2, -0.15) is 13.2 Å². The Labute approximate surface area is 187 Å². The molecule has 0 saturated heterocycles. The Morgan fingerprint density at radius 1 is 1.09 bits per heavy atom. The molecule has 10 heteroatoms. The number of aromatic nitrogens is 1. The van der Waals surface area contributed by atoms with Crippen molar-refractivity contribution in [3.63, 3.8) is 0 Å². The van der Waals surface area contributed by atoms with E-state index < -0.39 is 17.6 Å². The lowest BCUT2D eigenvalue weighted by molar-refractivity contribution is -0.137. The van der Waals surface area contributed by atoms with Gasteiger partial charge in [-0.1, -0.05) is 29.4 Å². The normalized spacial score (nSPS) is 11.4. The van der Waals surface area contributed by atoms with Gasteiger partial charge >= 0.3 is 6.18 Å². The van der Waals surface area contributed by atoms with E-state index in [0.29, 0.717) is 17.8 Å². The number of aryl methyl sites for hydroxylation is 1. The van der Waals surface area contributed by atoms with Crippen LogP contribution in [0.25, 0.3) is 22.6 Å². The zero-order valence-corrected chi connectivity index (χ0v) is 17.4. The first-order valence-electron chi connectivity index (χ1n) is 10.1. The van der Waals surface area contributed by atoms with Gasteiger partial charge in [0.25, 0.3) is 5.91 Å². The molecule has 170 valence electrons. The highest BCUT2D eigenvalue weighted by atomic mass is 19.4. The second-order valence-corrected chi connectivity index (χ2v) is 7.09. The second kappa shape index (κ2) is 11.0. The summed E-state index contributed by atoms with van der Waals surface area (Å²) in [5.41, 5.74) is 9.83. The van der Waals surface area contributed by atoms with Crippen molar-refractivity contribution in [3.05, 3.63) is 93.5 Å². The Bertz CT molecular complexity index is 1150. The van der Waals surface area contributed by atoms with E-state index in [2.05, 4.69) is 20.3 Å². The molecule has 1 amide bonds. The van der Waals surface area contributed by atoms with E-state index in [1.165, 1.54) is 24.5 Å². The van der Waals surface area contributed by atoms with Crippen LogP contribution in [0.15, 0.2) is 64.3 Å². The number of rotatable bonds is 9. The van der Waals surface area contributed by atoms with Crippen LogP contribution in [0.2, 0.25) is 0 Å². The van der Waals surface area contributed by atoms with Crippen LogP contribution in [0, 0.1) is 0 Å². The maximum Gasteiger partial charge on any atom is 0.416 e. The molecule has 0 fully saturated rings. The molecule has 0 spiro atoms. The highest BCUT2D eigenvalue weighted by Gasteiger charge is 2.29. The molecule has 0 bridgehead atoms. The second-order valence-electron chi connectivity index (χ2n) is 7.09. The van der Waals surface area contributed by atoms with Gasteiger partial charge < -0.3 is 9.73 Å². The third-order valence-corrected chi connectivity index (χ3v) is 4.66. The number of hydrogen-bond acceptors (Lipinski definition) is 4. The number of alkyl halides is 3. The number of carbonyl (C=O) groups excluding carboxylic acids is 1. The van der Waals surface area contributed by atoms with Gasteiger partial charge in [-0.25, -0.2) is 4.98 Å². The molecule has 1 N–H and O–H groups in total. The SMILES string of the molecule is [N-]=[N+]=NCCCCc1ccc(NC(=O)c2coc(C=Cc3ccc(C(F)(F)F)cc3)n2)cc1. The van der Waals surface area contributed by atoms with Crippen LogP contribution in [-0.4, -0.2) is 17.4 Å². The van der Waals surface area contributed by atoms with Gasteiger partial charge in [0.2, 0.25) is 5.89 Å². The largest absolute Gasteiger partial charge is 0.444 e. The number of amides is 1. The fourth-order valence-corrected chi connectivity index (χ4v) is 2.93. The predicted molar refractivity (Wildman–Crippen MR) is 118 cm³/mol. The van der Waals surface area contributed by atoms with E-state index in [1.807, 2.05) is 12.1 Å². The predicted octanol–water partition coefficient (Wildman–Crippen LogP) is 6.75. The van der Waals surface area contributed by atoms with Crippen LogP contribution in [0.3, 0.4) is 0 Å². The summed E-state index contributed by atoms with van der Waals surface area (Å²) in [7, 11) is 0. The zero-order chi connectivity index (χ0) is 23.7. The number of azide groups is 1. The lowest BCUT2D eigenvalue weighted by Crippen LogP contribution is -2.12. The summed E-state index contributed by atoms with van der Waals surface area (Å²) >= 11 is 0. The van der Waals surface area contributed by atoms with Gasteiger partial charge in [-0.15, -0.1) is 0 Å². The molecule has 0 aliphatic carbocycles. The maximum atomic E-state index is 12.6. The molecule has 7 nitrogen and oxygen atoms in total. The minimum Gasteiger partial charge on any atom is -0.444 e. The summed E-state index contributed by atoms with van der Waals surface area (Å²) in [6.45, 7) is 0.476. The summed E-state index contributed by atoms with van der Waals surface area (Å²) in [6, 6.07) is 12.0. The van der Waals surface area contributed by atoms with E-state index in [-0.39, 0.29) is 11.6 Å². The number of nitrogens with one attached hydrogen (secondary N) is 1. The maximum absolute atomic E-state index is 12.6. The van der Waals surface area contributed by atoms with E-state index >= 15 is 0 Å². The van der Waals surface area contributed by atoms with Crippen molar-refractivity contribution in [2.45, 2.75) is 25.4 Å². The van der Waals surface area contributed by atoms with Crippen molar-refractivity contribution in [3.8, 4) is 0 Å². The van der Waals surface area contributed by atoms with Crippen molar-refractivity contribution in [1.82, 2.24) is 4.98 Å². The van der Waals surface area contributed by atoms with Crippen molar-refractivity contribution < 1.29 is 22.4 Å². The summed E-state index contributed by atoms with van der Waals surface area (Å²) in [6.07, 6.45) is 2.38. The van der Waals surface area contributed by atoms with Crippen molar-refractivity contribution in [2.75, 3.05) is 11.9 Å². The highest BCUT2D eigenvalue weighted by Crippen LogP contribution is 2.29. The fourth-order valence-electron chi connectivity index (χ4n) is 2.93. The molecule has 0 aliphatic rings. The summed E-state index contributed by atoms with van der Waals surface area (Å²) < 4.78 is 43.1. The first-order chi connectivity index (χ1) is 15.8.